The van der Waals surface area contributed by atoms with Crippen LogP contribution >= 0.6 is 0 Å². The minimum Gasteiger partial charge on any atom is -0.338 e. The van der Waals surface area contributed by atoms with Gasteiger partial charge in [-0.1, -0.05) is 26.2 Å². The van der Waals surface area contributed by atoms with Gasteiger partial charge in [-0.25, -0.2) is 4.79 Å². The van der Waals surface area contributed by atoms with Gasteiger partial charge in [0.15, 0.2) is 0 Å². The van der Waals surface area contributed by atoms with Crippen LogP contribution < -0.4 is 10.6 Å². The van der Waals surface area contributed by atoms with Gasteiger partial charge in [0.05, 0.1) is 0 Å². The van der Waals surface area contributed by atoms with Gasteiger partial charge in [-0.05, 0) is 66.3 Å². The van der Waals surface area contributed by atoms with Crippen molar-refractivity contribution in [2.45, 2.75) is 90.6 Å². The lowest BCUT2D eigenvalue weighted by Crippen LogP contribution is -2.58. The van der Waals surface area contributed by atoms with Gasteiger partial charge in [0.25, 0.3) is 0 Å². The summed E-state index contributed by atoms with van der Waals surface area (Å²) in [6, 6.07) is -0.00653. The largest absolute Gasteiger partial charge is 0.338 e. The molecule has 1 aliphatic rings. The number of carbonyl (C=O) groups excluding carboxylic acids is 1. The summed E-state index contributed by atoms with van der Waals surface area (Å²) in [5.74, 6) is 0.682. The van der Waals surface area contributed by atoms with E-state index >= 15 is 0 Å². The minimum atomic E-state index is -0.00653. The van der Waals surface area contributed by atoms with Gasteiger partial charge < -0.3 is 10.6 Å². The SMILES string of the molecule is CCCCCCNC(=O)NCCC1CC(C)(C)N(C)C(C)(C)C1. The van der Waals surface area contributed by atoms with Gasteiger partial charge in [-0.15, -0.1) is 0 Å². The summed E-state index contributed by atoms with van der Waals surface area (Å²) in [6.07, 6.45) is 8.25. The Bertz CT molecular complexity index is 348. The number of rotatable bonds is 8. The highest BCUT2D eigenvalue weighted by Crippen LogP contribution is 2.41. The Labute approximate surface area is 143 Å². The fraction of sp³-hybridized carbons (Fsp3) is 0.947. The molecule has 2 N–H and O–H groups in total. The number of carbonyl (C=O) groups is 1. The molecule has 0 aliphatic carbocycles. The van der Waals surface area contributed by atoms with Crippen LogP contribution in [0.5, 0.6) is 0 Å². The van der Waals surface area contributed by atoms with Crippen LogP contribution in [0.1, 0.15) is 79.6 Å². The summed E-state index contributed by atoms with van der Waals surface area (Å²) < 4.78 is 0. The predicted molar refractivity (Wildman–Crippen MR) is 98.8 cm³/mol. The van der Waals surface area contributed by atoms with Crippen molar-refractivity contribution in [3.63, 3.8) is 0 Å². The van der Waals surface area contributed by atoms with Gasteiger partial charge in [0.2, 0.25) is 0 Å². The Morgan fingerprint density at radius 1 is 1.00 bits per heavy atom. The molecule has 2 amide bonds. The second-order valence-corrected chi connectivity index (χ2v) is 8.49. The third-order valence-corrected chi connectivity index (χ3v) is 5.55. The van der Waals surface area contributed by atoms with E-state index in [0.29, 0.717) is 5.92 Å². The molecule has 0 saturated carbocycles. The fourth-order valence-electron chi connectivity index (χ4n) is 3.99. The van der Waals surface area contributed by atoms with Crippen LogP contribution in [-0.4, -0.2) is 42.1 Å². The van der Waals surface area contributed by atoms with Gasteiger partial charge in [-0.3, -0.25) is 4.90 Å². The molecule has 23 heavy (non-hydrogen) atoms. The van der Waals surface area contributed by atoms with E-state index in [1.165, 1.54) is 32.1 Å². The quantitative estimate of drug-likeness (QED) is 0.658. The number of hydrogen-bond donors (Lipinski definition) is 2. The van der Waals surface area contributed by atoms with Crippen molar-refractivity contribution in [2.24, 2.45) is 5.92 Å². The molecule has 0 spiro atoms. The molecule has 4 nitrogen and oxygen atoms in total. The van der Waals surface area contributed by atoms with Crippen LogP contribution in [0.25, 0.3) is 0 Å². The lowest BCUT2D eigenvalue weighted by molar-refractivity contribution is -0.0313. The van der Waals surface area contributed by atoms with Crippen molar-refractivity contribution in [1.29, 1.82) is 0 Å². The van der Waals surface area contributed by atoms with E-state index in [9.17, 15) is 4.79 Å². The number of nitrogens with zero attached hydrogens (tertiary/aromatic N) is 1. The maximum absolute atomic E-state index is 11.8. The zero-order chi connectivity index (χ0) is 17.5. The van der Waals surface area contributed by atoms with Crippen molar-refractivity contribution in [2.75, 3.05) is 20.1 Å². The van der Waals surface area contributed by atoms with Crippen molar-refractivity contribution in [3.8, 4) is 0 Å². The summed E-state index contributed by atoms with van der Waals surface area (Å²) in [5.41, 5.74) is 0.460. The molecule has 136 valence electrons. The van der Waals surface area contributed by atoms with Gasteiger partial charge in [0.1, 0.15) is 0 Å². The van der Waals surface area contributed by atoms with Crippen LogP contribution in [0, 0.1) is 5.92 Å². The molecule has 0 radical (unpaired) electrons. The number of nitrogens with one attached hydrogen (secondary N) is 2. The monoisotopic (exact) mass is 325 g/mol. The Balaban J connectivity index is 2.24. The molecule has 0 aromatic heterocycles. The minimum absolute atomic E-state index is 0.00653. The molecule has 0 aromatic rings. The maximum Gasteiger partial charge on any atom is 0.314 e. The predicted octanol–water partition coefficient (Wildman–Crippen LogP) is 4.16. The third-order valence-electron chi connectivity index (χ3n) is 5.55. The smallest absolute Gasteiger partial charge is 0.314 e. The third kappa shape index (κ3) is 6.70. The average Bonchev–Trinajstić information content (AvgIpc) is 2.44. The van der Waals surface area contributed by atoms with Gasteiger partial charge >= 0.3 is 6.03 Å². The standard InChI is InChI=1S/C19H39N3O/c1-7-8-9-10-12-20-17(23)21-13-11-16-14-18(2,3)22(6)19(4,5)15-16/h16H,7-15H2,1-6H3,(H2,20,21,23). The zero-order valence-corrected chi connectivity index (χ0v) is 16.3. The lowest BCUT2D eigenvalue weighted by atomic mass is 9.73. The first-order valence-electron chi connectivity index (χ1n) is 9.44. The molecule has 1 fully saturated rings. The Morgan fingerprint density at radius 3 is 2.13 bits per heavy atom. The summed E-state index contributed by atoms with van der Waals surface area (Å²) >= 11 is 0. The van der Waals surface area contributed by atoms with Crippen LogP contribution in [0.3, 0.4) is 0 Å². The first-order valence-corrected chi connectivity index (χ1v) is 9.44. The summed E-state index contributed by atoms with van der Waals surface area (Å²) in [6.45, 7) is 13.1. The molecule has 0 aromatic carbocycles. The summed E-state index contributed by atoms with van der Waals surface area (Å²) in [5, 5.41) is 5.98. The zero-order valence-electron chi connectivity index (χ0n) is 16.3. The molecule has 0 atom stereocenters. The van der Waals surface area contributed by atoms with E-state index in [2.05, 4.69) is 57.2 Å². The molecule has 1 saturated heterocycles. The summed E-state index contributed by atoms with van der Waals surface area (Å²) in [4.78, 5) is 14.3. The highest BCUT2D eigenvalue weighted by Gasteiger charge is 2.42. The van der Waals surface area contributed by atoms with E-state index in [4.69, 9.17) is 0 Å². The highest BCUT2D eigenvalue weighted by atomic mass is 16.2. The number of amides is 2. The second-order valence-electron chi connectivity index (χ2n) is 8.49. The van der Waals surface area contributed by atoms with Gasteiger partial charge in [0, 0.05) is 24.2 Å². The van der Waals surface area contributed by atoms with Crippen molar-refractivity contribution in [3.05, 3.63) is 0 Å². The normalized spacial score (nSPS) is 21.1. The number of likely N-dealkylation sites (tertiary alicyclic amines) is 1. The van der Waals surface area contributed by atoms with Crippen molar-refractivity contribution >= 4 is 6.03 Å². The number of unbranched alkanes of at least 4 members (excludes halogenated alkanes) is 3. The molecule has 1 aliphatic heterocycles. The number of piperidine rings is 1. The van der Waals surface area contributed by atoms with Crippen molar-refractivity contribution in [1.82, 2.24) is 15.5 Å². The van der Waals surface area contributed by atoms with Crippen LogP contribution in [0.15, 0.2) is 0 Å². The lowest BCUT2D eigenvalue weighted by Gasteiger charge is -2.53. The molecule has 4 heteroatoms. The highest BCUT2D eigenvalue weighted by molar-refractivity contribution is 5.73. The van der Waals surface area contributed by atoms with E-state index in [1.54, 1.807) is 0 Å². The Kier molecular flexibility index (Phi) is 7.85. The van der Waals surface area contributed by atoms with E-state index in [0.717, 1.165) is 25.9 Å². The van der Waals surface area contributed by atoms with E-state index in [1.807, 2.05) is 0 Å². The molecular formula is C19H39N3O. The topological polar surface area (TPSA) is 44.4 Å². The van der Waals surface area contributed by atoms with Gasteiger partial charge in [-0.2, -0.15) is 0 Å². The second kappa shape index (κ2) is 8.91. The molecule has 0 bridgehead atoms. The molecular weight excluding hydrogens is 286 g/mol. The molecule has 0 unspecified atom stereocenters. The number of hydrogen-bond acceptors (Lipinski definition) is 2. The first kappa shape index (κ1) is 20.3. The van der Waals surface area contributed by atoms with E-state index in [-0.39, 0.29) is 17.1 Å². The molecule has 1 rings (SSSR count). The van der Waals surface area contributed by atoms with Crippen LogP contribution in [0.4, 0.5) is 4.79 Å². The fourth-order valence-corrected chi connectivity index (χ4v) is 3.99. The van der Waals surface area contributed by atoms with Crippen LogP contribution in [0.2, 0.25) is 0 Å². The molecule has 1 heterocycles. The van der Waals surface area contributed by atoms with Crippen molar-refractivity contribution < 1.29 is 4.79 Å². The van der Waals surface area contributed by atoms with Crippen LogP contribution in [-0.2, 0) is 0 Å². The maximum atomic E-state index is 11.8. The Morgan fingerprint density at radius 2 is 1.57 bits per heavy atom. The average molecular weight is 326 g/mol. The number of urea groups is 1. The first-order chi connectivity index (χ1) is 10.7. The Hall–Kier alpha value is -0.770. The van der Waals surface area contributed by atoms with E-state index < -0.39 is 0 Å². The summed E-state index contributed by atoms with van der Waals surface area (Å²) in [7, 11) is 2.24.